The third-order valence-electron chi connectivity index (χ3n) is 3.26. The van der Waals surface area contributed by atoms with Crippen LogP contribution in [0.15, 0.2) is 41.5 Å². The molecule has 8 heteroatoms. The lowest BCUT2D eigenvalue weighted by Crippen LogP contribution is -2.25. The number of carbonyl (C=O) groups excluding carboxylic acids is 2. The smallest absolute Gasteiger partial charge is 0.271 e. The van der Waals surface area contributed by atoms with Crippen LogP contribution < -0.4 is 20.0 Å². The van der Waals surface area contributed by atoms with Crippen molar-refractivity contribution in [3.05, 3.63) is 58.1 Å². The molecule has 0 spiro atoms. The fourth-order valence-corrected chi connectivity index (χ4v) is 2.21. The minimum absolute atomic E-state index is 0.00970. The fraction of sp³-hybridized carbons (Fsp3) is 0.118. The van der Waals surface area contributed by atoms with E-state index in [2.05, 4.69) is 10.5 Å². The van der Waals surface area contributed by atoms with Gasteiger partial charge in [0.05, 0.1) is 32.0 Å². The molecule has 0 aliphatic rings. The van der Waals surface area contributed by atoms with Gasteiger partial charge in [-0.1, -0.05) is 11.6 Å². The number of hydrazone groups is 1. The van der Waals surface area contributed by atoms with E-state index in [-0.39, 0.29) is 22.6 Å². The number of halogens is 1. The van der Waals surface area contributed by atoms with Crippen LogP contribution in [0.5, 0.6) is 11.5 Å². The van der Waals surface area contributed by atoms with Crippen LogP contribution >= 0.6 is 11.6 Å². The molecule has 25 heavy (non-hydrogen) atoms. The molecule has 0 heterocycles. The van der Waals surface area contributed by atoms with Gasteiger partial charge >= 0.3 is 0 Å². The molecule has 1 N–H and O–H groups in total. The van der Waals surface area contributed by atoms with E-state index in [4.69, 9.17) is 21.1 Å². The summed E-state index contributed by atoms with van der Waals surface area (Å²) in [5, 5.41) is 15.7. The zero-order valence-corrected chi connectivity index (χ0v) is 14.2. The number of rotatable bonds is 6. The summed E-state index contributed by atoms with van der Waals surface area (Å²) in [7, 11) is 2.70. The summed E-state index contributed by atoms with van der Waals surface area (Å²) in [6.07, 6.45) is 1.18. The normalized spacial score (nSPS) is 10.5. The van der Waals surface area contributed by atoms with Crippen LogP contribution in [0.3, 0.4) is 0 Å². The summed E-state index contributed by atoms with van der Waals surface area (Å²) in [4.78, 5) is 23.4. The number of benzene rings is 2. The fourth-order valence-electron chi connectivity index (χ4n) is 2.09. The van der Waals surface area contributed by atoms with Crippen molar-refractivity contribution < 1.29 is 24.2 Å². The van der Waals surface area contributed by atoms with E-state index in [1.165, 1.54) is 44.7 Å². The molecule has 2 rings (SSSR count). The Morgan fingerprint density at radius 3 is 2.36 bits per heavy atom. The Bertz CT molecular complexity index is 819. The van der Waals surface area contributed by atoms with Gasteiger partial charge in [-0.15, -0.1) is 0 Å². The number of carboxylic acid groups (broad SMARTS) is 1. The minimum atomic E-state index is -1.46. The molecule has 0 fully saturated rings. The number of aromatic carboxylic acids is 1. The van der Waals surface area contributed by atoms with Crippen molar-refractivity contribution in [3.63, 3.8) is 0 Å². The van der Waals surface area contributed by atoms with Gasteiger partial charge in [0, 0.05) is 16.1 Å². The maximum atomic E-state index is 11.9. The van der Waals surface area contributed by atoms with Crippen LogP contribution in [0.2, 0.25) is 5.02 Å². The molecule has 0 saturated carbocycles. The van der Waals surface area contributed by atoms with Crippen LogP contribution in [-0.2, 0) is 0 Å². The van der Waals surface area contributed by atoms with Crippen molar-refractivity contribution in [2.24, 2.45) is 5.10 Å². The Hall–Kier alpha value is -3.06. The Morgan fingerprint density at radius 1 is 1.12 bits per heavy atom. The maximum Gasteiger partial charge on any atom is 0.271 e. The van der Waals surface area contributed by atoms with Crippen LogP contribution in [0, 0.1) is 0 Å². The van der Waals surface area contributed by atoms with Crippen LogP contribution in [0.4, 0.5) is 0 Å². The van der Waals surface area contributed by atoms with Crippen LogP contribution in [0.1, 0.15) is 26.3 Å². The number of methoxy groups -OCH3 is 2. The first-order valence-electron chi connectivity index (χ1n) is 7.03. The highest BCUT2D eigenvalue weighted by Gasteiger charge is 2.15. The van der Waals surface area contributed by atoms with Crippen molar-refractivity contribution in [2.75, 3.05) is 14.2 Å². The largest absolute Gasteiger partial charge is 0.545 e. The van der Waals surface area contributed by atoms with E-state index in [1.54, 1.807) is 12.1 Å². The van der Waals surface area contributed by atoms with Gasteiger partial charge in [-0.3, -0.25) is 4.79 Å². The second-order valence-electron chi connectivity index (χ2n) is 4.76. The van der Waals surface area contributed by atoms with Gasteiger partial charge in [-0.05, 0) is 36.4 Å². The molecule has 0 atom stereocenters. The van der Waals surface area contributed by atoms with Gasteiger partial charge in [0.25, 0.3) is 5.91 Å². The van der Waals surface area contributed by atoms with E-state index in [1.807, 2.05) is 0 Å². The number of hydrogen-bond donors (Lipinski definition) is 1. The van der Waals surface area contributed by atoms with Gasteiger partial charge in [-0.2, -0.15) is 5.10 Å². The molecule has 0 aromatic heterocycles. The molecule has 0 radical (unpaired) electrons. The summed E-state index contributed by atoms with van der Waals surface area (Å²) in [6.45, 7) is 0. The topological polar surface area (TPSA) is 100 Å². The Morgan fingerprint density at radius 2 is 1.80 bits per heavy atom. The van der Waals surface area contributed by atoms with Gasteiger partial charge in [0.15, 0.2) is 11.5 Å². The van der Waals surface area contributed by atoms with Crippen molar-refractivity contribution >= 4 is 29.7 Å². The molecule has 7 nitrogen and oxygen atoms in total. The molecule has 130 valence electrons. The number of amides is 1. The zero-order valence-electron chi connectivity index (χ0n) is 13.4. The molecule has 1 amide bonds. The number of hydrogen-bond acceptors (Lipinski definition) is 6. The molecule has 0 unspecified atom stereocenters. The SMILES string of the molecule is COc1ccc(/C=N\NC(=O)c2ccc(Cl)cc2)c(C(=O)[O-])c1OC. The quantitative estimate of drug-likeness (QED) is 0.620. The monoisotopic (exact) mass is 361 g/mol. The number of nitrogens with zero attached hydrogens (tertiary/aromatic N) is 1. The minimum Gasteiger partial charge on any atom is -0.545 e. The number of nitrogens with one attached hydrogen (secondary N) is 1. The van der Waals surface area contributed by atoms with E-state index in [0.717, 1.165) is 0 Å². The van der Waals surface area contributed by atoms with Crippen molar-refractivity contribution in [2.45, 2.75) is 0 Å². The van der Waals surface area contributed by atoms with Gasteiger partial charge < -0.3 is 19.4 Å². The Labute approximate surface area is 148 Å². The van der Waals surface area contributed by atoms with E-state index in [9.17, 15) is 14.7 Å². The predicted molar refractivity (Wildman–Crippen MR) is 90.4 cm³/mol. The van der Waals surface area contributed by atoms with E-state index >= 15 is 0 Å². The number of carboxylic acids is 1. The van der Waals surface area contributed by atoms with Crippen LogP contribution in [-0.4, -0.2) is 32.3 Å². The summed E-state index contributed by atoms with van der Waals surface area (Å²) in [5.41, 5.74) is 2.62. The molecule has 0 saturated heterocycles. The Balaban J connectivity index is 2.24. The van der Waals surface area contributed by atoms with E-state index in [0.29, 0.717) is 10.6 Å². The number of carbonyl (C=O) groups is 2. The highest BCUT2D eigenvalue weighted by Crippen LogP contribution is 2.32. The van der Waals surface area contributed by atoms with Gasteiger partial charge in [0.2, 0.25) is 0 Å². The zero-order chi connectivity index (χ0) is 18.4. The highest BCUT2D eigenvalue weighted by molar-refractivity contribution is 6.30. The first kappa shape index (κ1) is 18.3. The first-order valence-corrected chi connectivity index (χ1v) is 7.41. The lowest BCUT2D eigenvalue weighted by Gasteiger charge is -2.15. The molecular formula is C17H14ClN2O5-. The van der Waals surface area contributed by atoms with Gasteiger partial charge in [0.1, 0.15) is 0 Å². The number of ether oxygens (including phenoxy) is 2. The summed E-state index contributed by atoms with van der Waals surface area (Å²) in [5.74, 6) is -1.68. The summed E-state index contributed by atoms with van der Waals surface area (Å²) >= 11 is 5.76. The van der Waals surface area contributed by atoms with Crippen LogP contribution in [0.25, 0.3) is 0 Å². The average molecular weight is 362 g/mol. The lowest BCUT2D eigenvalue weighted by atomic mass is 10.1. The summed E-state index contributed by atoms with van der Waals surface area (Å²) < 4.78 is 10.1. The highest BCUT2D eigenvalue weighted by atomic mass is 35.5. The first-order chi connectivity index (χ1) is 12.0. The molecular weight excluding hydrogens is 348 g/mol. The second-order valence-corrected chi connectivity index (χ2v) is 5.20. The van der Waals surface area contributed by atoms with E-state index < -0.39 is 11.9 Å². The average Bonchev–Trinajstić information content (AvgIpc) is 2.61. The third kappa shape index (κ3) is 4.27. The maximum absolute atomic E-state index is 11.9. The Kier molecular flexibility index (Phi) is 5.97. The third-order valence-corrected chi connectivity index (χ3v) is 3.51. The standard InChI is InChI=1S/C17H15ClN2O5/c1-24-13-8-5-11(14(17(22)23)15(13)25-2)9-19-20-16(21)10-3-6-12(18)7-4-10/h3-9H,1-2H3,(H,20,21)(H,22,23)/p-1/b19-9-. The van der Waals surface area contributed by atoms with Crippen molar-refractivity contribution in [1.29, 1.82) is 0 Å². The van der Waals surface area contributed by atoms with Gasteiger partial charge in [-0.25, -0.2) is 5.43 Å². The lowest BCUT2D eigenvalue weighted by molar-refractivity contribution is -0.255. The van der Waals surface area contributed by atoms with Crippen molar-refractivity contribution in [3.8, 4) is 11.5 Å². The molecule has 0 bridgehead atoms. The molecule has 2 aromatic rings. The molecule has 2 aromatic carbocycles. The second kappa shape index (κ2) is 8.16. The predicted octanol–water partition coefficient (Wildman–Crippen LogP) is 1.48. The van der Waals surface area contributed by atoms with Crippen molar-refractivity contribution in [1.82, 2.24) is 5.43 Å². The molecule has 0 aliphatic heterocycles. The summed E-state index contributed by atoms with van der Waals surface area (Å²) in [6, 6.07) is 9.20. The molecule has 0 aliphatic carbocycles.